The summed E-state index contributed by atoms with van der Waals surface area (Å²) in [5, 5.41) is 0. The number of methoxy groups -OCH3 is 1. The van der Waals surface area contributed by atoms with Gasteiger partial charge in [0, 0.05) is 12.5 Å². The molecular formula is C12H16O2. The highest BCUT2D eigenvalue weighted by Gasteiger charge is 2.19. The van der Waals surface area contributed by atoms with Crippen molar-refractivity contribution in [1.82, 2.24) is 0 Å². The lowest BCUT2D eigenvalue weighted by atomic mass is 9.86. The van der Waals surface area contributed by atoms with Crippen molar-refractivity contribution >= 4 is 6.29 Å². The van der Waals surface area contributed by atoms with Crippen LogP contribution in [-0.2, 0) is 21.6 Å². The third kappa shape index (κ3) is 2.42. The van der Waals surface area contributed by atoms with Crippen molar-refractivity contribution in [2.45, 2.75) is 25.9 Å². The average Bonchev–Trinajstić information content (AvgIpc) is 2.19. The van der Waals surface area contributed by atoms with E-state index >= 15 is 0 Å². The van der Waals surface area contributed by atoms with Gasteiger partial charge in [-0.3, -0.25) is 0 Å². The number of rotatable bonds is 4. The zero-order chi connectivity index (χ0) is 10.6. The first-order valence-corrected chi connectivity index (χ1v) is 4.65. The molecule has 0 aliphatic carbocycles. The molecule has 0 spiro atoms. The fraction of sp³-hybridized carbons (Fsp3) is 0.417. The fourth-order valence-electron chi connectivity index (χ4n) is 1.30. The second-order valence-corrected chi connectivity index (χ2v) is 3.97. The molecule has 1 aromatic rings. The number of ether oxygens (including phenoxy) is 1. The monoisotopic (exact) mass is 192 g/mol. The predicted molar refractivity (Wildman–Crippen MR) is 56.2 cm³/mol. The zero-order valence-electron chi connectivity index (χ0n) is 8.91. The number of hydrogen-bond acceptors (Lipinski definition) is 2. The summed E-state index contributed by atoms with van der Waals surface area (Å²) in [6.45, 7) is 4.40. The van der Waals surface area contributed by atoms with E-state index in [0.29, 0.717) is 6.61 Å². The minimum absolute atomic E-state index is 0.413. The molecule has 1 rings (SSSR count). The summed E-state index contributed by atoms with van der Waals surface area (Å²) >= 11 is 0. The van der Waals surface area contributed by atoms with E-state index in [1.165, 1.54) is 0 Å². The van der Waals surface area contributed by atoms with Crippen molar-refractivity contribution in [3.63, 3.8) is 0 Å². The van der Waals surface area contributed by atoms with Crippen LogP contribution in [0.1, 0.15) is 25.0 Å². The van der Waals surface area contributed by atoms with Gasteiger partial charge in [-0.25, -0.2) is 0 Å². The van der Waals surface area contributed by atoms with Gasteiger partial charge in [-0.05, 0) is 25.0 Å². The zero-order valence-corrected chi connectivity index (χ0v) is 8.91. The molecule has 0 aliphatic heterocycles. The Morgan fingerprint density at radius 2 is 2.14 bits per heavy atom. The second-order valence-electron chi connectivity index (χ2n) is 3.97. The van der Waals surface area contributed by atoms with Crippen molar-refractivity contribution in [1.29, 1.82) is 0 Å². The molecule has 0 aromatic heterocycles. The first-order valence-electron chi connectivity index (χ1n) is 4.65. The first-order chi connectivity index (χ1) is 6.60. The summed E-state index contributed by atoms with van der Waals surface area (Å²) < 4.78 is 5.04. The van der Waals surface area contributed by atoms with Crippen molar-refractivity contribution in [3.8, 4) is 0 Å². The van der Waals surface area contributed by atoms with Crippen LogP contribution in [0.3, 0.4) is 0 Å². The van der Waals surface area contributed by atoms with Crippen molar-refractivity contribution < 1.29 is 9.53 Å². The molecule has 2 heteroatoms. The van der Waals surface area contributed by atoms with Crippen LogP contribution >= 0.6 is 0 Å². The van der Waals surface area contributed by atoms with Gasteiger partial charge < -0.3 is 9.53 Å². The van der Waals surface area contributed by atoms with Crippen LogP contribution < -0.4 is 0 Å². The number of carbonyl (C=O) groups excluding carboxylic acids is 1. The van der Waals surface area contributed by atoms with Crippen molar-refractivity contribution in [2.75, 3.05) is 7.11 Å². The molecule has 0 bridgehead atoms. The number of carbonyl (C=O) groups is 1. The van der Waals surface area contributed by atoms with Gasteiger partial charge >= 0.3 is 0 Å². The largest absolute Gasteiger partial charge is 0.380 e. The Hall–Kier alpha value is -1.15. The van der Waals surface area contributed by atoms with E-state index in [1.54, 1.807) is 7.11 Å². The maximum absolute atomic E-state index is 10.9. The number of hydrogen-bond donors (Lipinski definition) is 0. The summed E-state index contributed by atoms with van der Waals surface area (Å²) in [6.07, 6.45) is 0.971. The Kier molecular flexibility index (Phi) is 3.42. The Bertz CT molecular complexity index is 316. The van der Waals surface area contributed by atoms with Crippen LogP contribution in [0, 0.1) is 0 Å². The van der Waals surface area contributed by atoms with E-state index in [0.717, 1.165) is 17.4 Å². The molecule has 0 saturated heterocycles. The lowest BCUT2D eigenvalue weighted by Crippen LogP contribution is -2.18. The third-order valence-corrected chi connectivity index (χ3v) is 2.28. The van der Waals surface area contributed by atoms with Gasteiger partial charge in [0.15, 0.2) is 0 Å². The van der Waals surface area contributed by atoms with Gasteiger partial charge in [0.2, 0.25) is 0 Å². The molecule has 76 valence electrons. The number of benzene rings is 1. The Balaban J connectivity index is 2.99. The SMILES string of the molecule is COCc1cccc(C(C)(C)C=O)c1. The van der Waals surface area contributed by atoms with E-state index in [9.17, 15) is 4.79 Å². The quantitative estimate of drug-likeness (QED) is 0.684. The fourth-order valence-corrected chi connectivity index (χ4v) is 1.30. The normalized spacial score (nSPS) is 11.4. The molecule has 0 atom stereocenters. The molecule has 0 radical (unpaired) electrons. The van der Waals surface area contributed by atoms with Gasteiger partial charge in [0.05, 0.1) is 6.61 Å². The van der Waals surface area contributed by atoms with Crippen LogP contribution in [0.5, 0.6) is 0 Å². The summed E-state index contributed by atoms with van der Waals surface area (Å²) in [5.74, 6) is 0. The van der Waals surface area contributed by atoms with Crippen LogP contribution in [-0.4, -0.2) is 13.4 Å². The highest BCUT2D eigenvalue weighted by atomic mass is 16.5. The van der Waals surface area contributed by atoms with Gasteiger partial charge in [-0.15, -0.1) is 0 Å². The van der Waals surface area contributed by atoms with Gasteiger partial charge in [0.1, 0.15) is 6.29 Å². The topological polar surface area (TPSA) is 26.3 Å². The smallest absolute Gasteiger partial charge is 0.129 e. The number of aldehydes is 1. The lowest BCUT2D eigenvalue weighted by molar-refractivity contribution is -0.111. The molecule has 0 unspecified atom stereocenters. The van der Waals surface area contributed by atoms with E-state index in [1.807, 2.05) is 38.1 Å². The third-order valence-electron chi connectivity index (χ3n) is 2.28. The summed E-state index contributed by atoms with van der Waals surface area (Å²) in [5.41, 5.74) is 1.71. The highest BCUT2D eigenvalue weighted by Crippen LogP contribution is 2.21. The van der Waals surface area contributed by atoms with Gasteiger partial charge in [-0.1, -0.05) is 24.3 Å². The average molecular weight is 192 g/mol. The van der Waals surface area contributed by atoms with Crippen LogP contribution in [0.4, 0.5) is 0 Å². The molecule has 0 N–H and O–H groups in total. The molecule has 1 aromatic carbocycles. The van der Waals surface area contributed by atoms with Crippen LogP contribution in [0.2, 0.25) is 0 Å². The van der Waals surface area contributed by atoms with E-state index in [-0.39, 0.29) is 0 Å². The van der Waals surface area contributed by atoms with Crippen molar-refractivity contribution in [3.05, 3.63) is 35.4 Å². The Morgan fingerprint density at radius 3 is 2.71 bits per heavy atom. The molecule has 0 heterocycles. The minimum atomic E-state index is -0.413. The summed E-state index contributed by atoms with van der Waals surface area (Å²) in [6, 6.07) is 7.92. The highest BCUT2D eigenvalue weighted by molar-refractivity contribution is 5.67. The summed E-state index contributed by atoms with van der Waals surface area (Å²) in [4.78, 5) is 10.9. The van der Waals surface area contributed by atoms with Gasteiger partial charge in [0.25, 0.3) is 0 Å². The molecular weight excluding hydrogens is 176 g/mol. The second kappa shape index (κ2) is 4.38. The molecule has 0 fully saturated rings. The molecule has 0 amide bonds. The van der Waals surface area contributed by atoms with Crippen molar-refractivity contribution in [2.24, 2.45) is 0 Å². The maximum atomic E-state index is 10.9. The van der Waals surface area contributed by atoms with Gasteiger partial charge in [-0.2, -0.15) is 0 Å². The molecule has 0 saturated carbocycles. The molecule has 2 nitrogen and oxygen atoms in total. The first kappa shape index (κ1) is 10.9. The van der Waals surface area contributed by atoms with Crippen LogP contribution in [0.25, 0.3) is 0 Å². The molecule has 0 aliphatic rings. The lowest BCUT2D eigenvalue weighted by Gasteiger charge is -2.18. The Morgan fingerprint density at radius 1 is 1.43 bits per heavy atom. The predicted octanol–water partition coefficient (Wildman–Crippen LogP) is 2.31. The van der Waals surface area contributed by atoms with Crippen LogP contribution in [0.15, 0.2) is 24.3 Å². The standard InChI is InChI=1S/C12H16O2/c1-12(2,9-13)11-6-4-5-10(7-11)8-14-3/h4-7,9H,8H2,1-3H3. The summed E-state index contributed by atoms with van der Waals surface area (Å²) in [7, 11) is 1.66. The maximum Gasteiger partial charge on any atom is 0.129 e. The molecule has 14 heavy (non-hydrogen) atoms. The van der Waals surface area contributed by atoms with E-state index < -0.39 is 5.41 Å². The van der Waals surface area contributed by atoms with E-state index in [2.05, 4.69) is 0 Å². The van der Waals surface area contributed by atoms with E-state index in [4.69, 9.17) is 4.74 Å². The Labute approximate surface area is 84.9 Å². The minimum Gasteiger partial charge on any atom is -0.380 e.